The third-order valence-electron chi connectivity index (χ3n) is 6.29. The number of nitrogens with zero attached hydrogens (tertiary/aromatic N) is 5. The molecule has 1 aliphatic carbocycles. The molecule has 1 aliphatic rings. The molecule has 12 heteroatoms. The third-order valence-corrected chi connectivity index (χ3v) is 7.33. The molecule has 11 nitrogen and oxygen atoms in total. The summed E-state index contributed by atoms with van der Waals surface area (Å²) in [4.78, 5) is 32.5. The molecule has 4 atom stereocenters. The third kappa shape index (κ3) is 5.26. The van der Waals surface area contributed by atoms with Gasteiger partial charge in [0.25, 0.3) is 0 Å². The number of aromatic nitrogens is 4. The number of rotatable bonds is 9. The van der Waals surface area contributed by atoms with Gasteiger partial charge in [0.15, 0.2) is 0 Å². The molecule has 0 aromatic carbocycles. The van der Waals surface area contributed by atoms with Crippen LogP contribution in [-0.4, -0.2) is 93.1 Å². The lowest BCUT2D eigenvalue weighted by Crippen LogP contribution is -2.38. The van der Waals surface area contributed by atoms with E-state index in [1.165, 1.54) is 16.2 Å². The summed E-state index contributed by atoms with van der Waals surface area (Å²) in [5.74, 6) is -0.0529. The van der Waals surface area contributed by atoms with Crippen LogP contribution in [0.5, 0.6) is 0 Å². The number of carbonyl (C=O) groups is 1. The zero-order valence-corrected chi connectivity index (χ0v) is 22.0. The minimum Gasteiger partial charge on any atom is -0.390 e. The molecule has 3 aromatic heterocycles. The number of anilines is 2. The van der Waals surface area contributed by atoms with Crippen molar-refractivity contribution in [2.75, 3.05) is 44.5 Å². The molecule has 0 spiro atoms. The molecular formula is C24H33N7O4S. The summed E-state index contributed by atoms with van der Waals surface area (Å²) >= 11 is 1.51. The van der Waals surface area contributed by atoms with Gasteiger partial charge in [-0.1, -0.05) is 0 Å². The number of thiazole rings is 1. The fraction of sp³-hybridized carbons (Fsp3) is 0.542. The monoisotopic (exact) mass is 515 g/mol. The Bertz CT molecular complexity index is 1230. The number of ether oxygens (including phenoxy) is 1. The molecule has 4 N–H and O–H groups in total. The Labute approximate surface area is 214 Å². The number of aliphatic hydroxyl groups is 2. The second-order valence-electron chi connectivity index (χ2n) is 9.05. The van der Waals surface area contributed by atoms with E-state index in [0.29, 0.717) is 42.8 Å². The maximum absolute atomic E-state index is 12.6. The molecule has 0 radical (unpaired) electrons. The van der Waals surface area contributed by atoms with Gasteiger partial charge in [-0.15, -0.1) is 11.3 Å². The lowest BCUT2D eigenvalue weighted by molar-refractivity contribution is -0.136. The fourth-order valence-electron chi connectivity index (χ4n) is 4.41. The molecule has 36 heavy (non-hydrogen) atoms. The van der Waals surface area contributed by atoms with Gasteiger partial charge in [-0.25, -0.2) is 9.97 Å². The first kappa shape index (κ1) is 26.1. The van der Waals surface area contributed by atoms with Crippen LogP contribution in [0.1, 0.15) is 24.7 Å². The number of aliphatic hydroxyl groups excluding tert-OH is 2. The number of pyridine rings is 1. The smallest absolute Gasteiger partial charge is 0.227 e. The molecule has 1 fully saturated rings. The van der Waals surface area contributed by atoms with Crippen molar-refractivity contribution in [3.05, 3.63) is 23.7 Å². The van der Waals surface area contributed by atoms with Crippen LogP contribution < -0.4 is 10.6 Å². The SMILES string of the molecule is CCOCCNc1nc(C)c(-c2nc3c(C)nccc3s2)c(NC2C[C@H](C(=O)N(C)C)[C@@H](O)[C@H]2O)n1. The van der Waals surface area contributed by atoms with E-state index in [4.69, 9.17) is 14.7 Å². The van der Waals surface area contributed by atoms with E-state index in [2.05, 4.69) is 20.6 Å². The summed E-state index contributed by atoms with van der Waals surface area (Å²) in [6, 6.07) is 1.33. The lowest BCUT2D eigenvalue weighted by Gasteiger charge is -2.21. The maximum atomic E-state index is 12.6. The number of carbonyl (C=O) groups excluding carboxylic acids is 1. The number of fused-ring (bicyclic) bond motifs is 1. The Morgan fingerprint density at radius 3 is 2.67 bits per heavy atom. The van der Waals surface area contributed by atoms with E-state index in [0.717, 1.165) is 20.9 Å². The van der Waals surface area contributed by atoms with Gasteiger partial charge >= 0.3 is 0 Å². The molecule has 1 amide bonds. The van der Waals surface area contributed by atoms with Crippen LogP contribution in [0.15, 0.2) is 12.3 Å². The number of amides is 1. The van der Waals surface area contributed by atoms with E-state index in [1.807, 2.05) is 26.8 Å². The molecule has 3 aromatic rings. The van der Waals surface area contributed by atoms with E-state index in [1.54, 1.807) is 20.3 Å². The summed E-state index contributed by atoms with van der Waals surface area (Å²) in [6.45, 7) is 7.39. The van der Waals surface area contributed by atoms with Crippen molar-refractivity contribution >= 4 is 39.2 Å². The first-order valence-electron chi connectivity index (χ1n) is 12.0. The van der Waals surface area contributed by atoms with Crippen LogP contribution in [-0.2, 0) is 9.53 Å². The average Bonchev–Trinajstić information content (AvgIpc) is 3.38. The predicted octanol–water partition coefficient (Wildman–Crippen LogP) is 1.82. The second kappa shape index (κ2) is 11.0. The van der Waals surface area contributed by atoms with Gasteiger partial charge < -0.3 is 30.5 Å². The van der Waals surface area contributed by atoms with Crippen LogP contribution in [0.2, 0.25) is 0 Å². The highest BCUT2D eigenvalue weighted by molar-refractivity contribution is 7.21. The Balaban J connectivity index is 1.71. The van der Waals surface area contributed by atoms with Crippen molar-refractivity contribution in [1.29, 1.82) is 0 Å². The van der Waals surface area contributed by atoms with Gasteiger partial charge in [0.2, 0.25) is 11.9 Å². The van der Waals surface area contributed by atoms with Gasteiger partial charge in [0.05, 0.1) is 46.3 Å². The number of hydrogen-bond donors (Lipinski definition) is 4. The van der Waals surface area contributed by atoms with Gasteiger partial charge in [-0.3, -0.25) is 9.78 Å². The zero-order chi connectivity index (χ0) is 26.0. The molecule has 1 saturated carbocycles. The van der Waals surface area contributed by atoms with Crippen LogP contribution in [0.4, 0.5) is 11.8 Å². The minimum atomic E-state index is -1.18. The van der Waals surface area contributed by atoms with E-state index < -0.39 is 24.2 Å². The summed E-state index contributed by atoms with van der Waals surface area (Å²) in [6.07, 6.45) is -0.300. The molecule has 0 aliphatic heterocycles. The van der Waals surface area contributed by atoms with Gasteiger partial charge in [0.1, 0.15) is 22.4 Å². The van der Waals surface area contributed by atoms with Crippen molar-refractivity contribution in [3.8, 4) is 10.6 Å². The average molecular weight is 516 g/mol. The highest BCUT2D eigenvalue weighted by Gasteiger charge is 2.46. The molecule has 0 saturated heterocycles. The molecule has 3 heterocycles. The quantitative estimate of drug-likeness (QED) is 0.311. The van der Waals surface area contributed by atoms with Crippen molar-refractivity contribution in [2.24, 2.45) is 5.92 Å². The Morgan fingerprint density at radius 2 is 1.97 bits per heavy atom. The summed E-state index contributed by atoms with van der Waals surface area (Å²) in [5, 5.41) is 28.6. The maximum Gasteiger partial charge on any atom is 0.227 e. The molecule has 0 bridgehead atoms. The topological polar surface area (TPSA) is 146 Å². The predicted molar refractivity (Wildman–Crippen MR) is 139 cm³/mol. The van der Waals surface area contributed by atoms with Gasteiger partial charge in [0, 0.05) is 33.4 Å². The van der Waals surface area contributed by atoms with Crippen molar-refractivity contribution < 1.29 is 19.7 Å². The van der Waals surface area contributed by atoms with Crippen LogP contribution in [0.25, 0.3) is 20.8 Å². The Hall–Kier alpha value is -2.93. The van der Waals surface area contributed by atoms with Gasteiger partial charge in [-0.05, 0) is 33.3 Å². The van der Waals surface area contributed by atoms with E-state index >= 15 is 0 Å². The minimum absolute atomic E-state index is 0.225. The van der Waals surface area contributed by atoms with Crippen molar-refractivity contribution in [2.45, 2.75) is 45.4 Å². The Kier molecular flexibility index (Phi) is 7.98. The van der Waals surface area contributed by atoms with Crippen LogP contribution >= 0.6 is 11.3 Å². The second-order valence-corrected chi connectivity index (χ2v) is 10.1. The van der Waals surface area contributed by atoms with Crippen molar-refractivity contribution in [1.82, 2.24) is 24.8 Å². The number of hydrogen-bond acceptors (Lipinski definition) is 11. The highest BCUT2D eigenvalue weighted by atomic mass is 32.1. The van der Waals surface area contributed by atoms with E-state index in [9.17, 15) is 15.0 Å². The first-order chi connectivity index (χ1) is 17.2. The van der Waals surface area contributed by atoms with Crippen LogP contribution in [0.3, 0.4) is 0 Å². The molecular weight excluding hydrogens is 482 g/mol. The highest BCUT2D eigenvalue weighted by Crippen LogP contribution is 2.38. The van der Waals surface area contributed by atoms with Crippen molar-refractivity contribution in [3.63, 3.8) is 0 Å². The normalized spacial score (nSPS) is 21.6. The zero-order valence-electron chi connectivity index (χ0n) is 21.1. The fourth-order valence-corrected chi connectivity index (χ4v) is 5.52. The number of aryl methyl sites for hydroxylation is 2. The molecule has 194 valence electrons. The molecule has 1 unspecified atom stereocenters. The van der Waals surface area contributed by atoms with Gasteiger partial charge in [-0.2, -0.15) is 4.98 Å². The number of nitrogens with one attached hydrogen (secondary N) is 2. The van der Waals surface area contributed by atoms with Crippen LogP contribution in [0, 0.1) is 19.8 Å². The van der Waals surface area contributed by atoms with E-state index in [-0.39, 0.29) is 12.3 Å². The lowest BCUT2D eigenvalue weighted by atomic mass is 10.0. The standard InChI is InChI=1S/C24H33N7O4S/c1-6-35-10-9-26-24-27-12(2)17(22-29-18-13(3)25-8-7-16(18)36-22)21(30-24)28-15-11-14(19(32)20(15)33)23(34)31(4)5/h7-8,14-15,19-20,32-33H,6,9-11H2,1-5H3,(H2,26,27,28,30)/t14-,15?,19+,20-/m0/s1. The Morgan fingerprint density at radius 1 is 1.19 bits per heavy atom. The summed E-state index contributed by atoms with van der Waals surface area (Å²) in [7, 11) is 3.27. The largest absolute Gasteiger partial charge is 0.390 e. The summed E-state index contributed by atoms with van der Waals surface area (Å²) in [5.41, 5.74) is 3.05. The first-order valence-corrected chi connectivity index (χ1v) is 12.8. The summed E-state index contributed by atoms with van der Waals surface area (Å²) < 4.78 is 6.39. The molecule has 4 rings (SSSR count).